The fraction of sp³-hybridized carbons (Fsp3) is 0.0476. The van der Waals surface area contributed by atoms with Gasteiger partial charge in [0, 0.05) is 11.3 Å². The molecule has 3 rings (SSSR count). The Morgan fingerprint density at radius 1 is 1.07 bits per heavy atom. The average Bonchev–Trinajstić information content (AvgIpc) is 2.72. The van der Waals surface area contributed by atoms with Crippen molar-refractivity contribution >= 4 is 29.3 Å². The lowest BCUT2D eigenvalue weighted by molar-refractivity contribution is 0.0697. The van der Waals surface area contributed by atoms with Crippen molar-refractivity contribution in [3.63, 3.8) is 0 Å². The summed E-state index contributed by atoms with van der Waals surface area (Å²) in [7, 11) is 0. The summed E-state index contributed by atoms with van der Waals surface area (Å²) in [4.78, 5) is 15.4. The lowest BCUT2D eigenvalue weighted by atomic mass is 9.98. The van der Waals surface area contributed by atoms with Crippen LogP contribution in [0.1, 0.15) is 27.0 Å². The van der Waals surface area contributed by atoms with E-state index >= 15 is 0 Å². The molecule has 2 aromatic carbocycles. The lowest BCUT2D eigenvalue weighted by Crippen LogP contribution is -1.99. The van der Waals surface area contributed by atoms with Crippen molar-refractivity contribution in [2.45, 2.75) is 10.8 Å². The lowest BCUT2D eigenvalue weighted by Gasteiger charge is -2.12. The average molecular weight is 406 g/mol. The monoisotopic (exact) mass is 405 g/mol. The molecule has 0 aliphatic carbocycles. The SMILES string of the molecule is N#Cc1c(Cl)nc(SCc2cccc(C(=O)O)c2)c(C#N)c1-c1ccccc1. The second-order valence-electron chi connectivity index (χ2n) is 5.72. The van der Waals surface area contributed by atoms with Crippen molar-refractivity contribution in [1.82, 2.24) is 4.98 Å². The van der Waals surface area contributed by atoms with Gasteiger partial charge in [-0.25, -0.2) is 9.78 Å². The van der Waals surface area contributed by atoms with Crippen LogP contribution in [0.4, 0.5) is 0 Å². The van der Waals surface area contributed by atoms with Crippen LogP contribution in [0.15, 0.2) is 59.6 Å². The minimum absolute atomic E-state index is 0.0298. The highest BCUT2D eigenvalue weighted by Crippen LogP contribution is 2.37. The van der Waals surface area contributed by atoms with Crippen LogP contribution in [0.25, 0.3) is 11.1 Å². The van der Waals surface area contributed by atoms with E-state index in [0.717, 1.165) is 5.56 Å². The van der Waals surface area contributed by atoms with Crippen LogP contribution >= 0.6 is 23.4 Å². The van der Waals surface area contributed by atoms with Gasteiger partial charge in [-0.05, 0) is 23.3 Å². The first-order valence-corrected chi connectivity index (χ1v) is 9.45. The first-order chi connectivity index (χ1) is 13.5. The van der Waals surface area contributed by atoms with Gasteiger partial charge in [-0.2, -0.15) is 10.5 Å². The predicted octanol–water partition coefficient (Wildman–Crippen LogP) is 5.14. The molecular formula is C21H12ClN3O2S. The molecule has 1 N–H and O–H groups in total. The molecule has 136 valence electrons. The van der Waals surface area contributed by atoms with E-state index in [-0.39, 0.29) is 21.8 Å². The number of carboxylic acids is 1. The molecule has 0 amide bonds. The number of carbonyl (C=O) groups is 1. The number of carboxylic acid groups (broad SMARTS) is 1. The Hall–Kier alpha value is -3.32. The summed E-state index contributed by atoms with van der Waals surface area (Å²) < 4.78 is 0. The number of benzene rings is 2. The van der Waals surface area contributed by atoms with Gasteiger partial charge in [0.1, 0.15) is 22.3 Å². The number of thioether (sulfide) groups is 1. The Balaban J connectivity index is 2.04. The molecule has 0 fully saturated rings. The molecule has 28 heavy (non-hydrogen) atoms. The van der Waals surface area contributed by atoms with Gasteiger partial charge in [-0.1, -0.05) is 54.1 Å². The zero-order valence-corrected chi connectivity index (χ0v) is 16.0. The number of nitrogens with zero attached hydrogens (tertiary/aromatic N) is 3. The van der Waals surface area contributed by atoms with Crippen molar-refractivity contribution in [3.05, 3.63) is 82.0 Å². The third-order valence-corrected chi connectivity index (χ3v) is 5.28. The first kappa shape index (κ1) is 19.4. The molecule has 0 aliphatic rings. The highest BCUT2D eigenvalue weighted by atomic mass is 35.5. The molecule has 0 saturated heterocycles. The zero-order valence-electron chi connectivity index (χ0n) is 14.4. The molecule has 0 atom stereocenters. The van der Waals surface area contributed by atoms with E-state index in [9.17, 15) is 15.3 Å². The summed E-state index contributed by atoms with van der Waals surface area (Å²) in [5.74, 6) is -0.602. The van der Waals surface area contributed by atoms with E-state index in [1.807, 2.05) is 24.3 Å². The molecule has 0 aliphatic heterocycles. The smallest absolute Gasteiger partial charge is 0.335 e. The van der Waals surface area contributed by atoms with Gasteiger partial charge in [0.25, 0.3) is 0 Å². The third kappa shape index (κ3) is 3.99. The molecular weight excluding hydrogens is 394 g/mol. The number of halogens is 1. The normalized spacial score (nSPS) is 10.1. The first-order valence-electron chi connectivity index (χ1n) is 8.09. The van der Waals surface area contributed by atoms with Crippen LogP contribution in [0.2, 0.25) is 5.15 Å². The Kier molecular flexibility index (Phi) is 5.96. The van der Waals surface area contributed by atoms with E-state index in [4.69, 9.17) is 16.7 Å². The number of aromatic carboxylic acids is 1. The maximum Gasteiger partial charge on any atom is 0.335 e. The van der Waals surface area contributed by atoms with Gasteiger partial charge >= 0.3 is 5.97 Å². The van der Waals surface area contributed by atoms with Crippen molar-refractivity contribution < 1.29 is 9.90 Å². The maximum atomic E-state index is 11.1. The highest BCUT2D eigenvalue weighted by Gasteiger charge is 2.20. The number of nitriles is 2. The van der Waals surface area contributed by atoms with E-state index in [0.29, 0.717) is 21.9 Å². The summed E-state index contributed by atoms with van der Waals surface area (Å²) in [6.07, 6.45) is 0. The zero-order chi connectivity index (χ0) is 20.1. The third-order valence-electron chi connectivity index (χ3n) is 3.96. The quantitative estimate of drug-likeness (QED) is 0.466. The van der Waals surface area contributed by atoms with Crippen LogP contribution in [-0.4, -0.2) is 16.1 Å². The summed E-state index contributed by atoms with van der Waals surface area (Å²) in [5, 5.41) is 28.8. The van der Waals surface area contributed by atoms with Gasteiger partial charge in [0.2, 0.25) is 0 Å². The van der Waals surface area contributed by atoms with Gasteiger partial charge in [0.05, 0.1) is 16.7 Å². The van der Waals surface area contributed by atoms with Crippen molar-refractivity contribution in [2.75, 3.05) is 0 Å². The van der Waals surface area contributed by atoms with E-state index < -0.39 is 5.97 Å². The Morgan fingerprint density at radius 3 is 2.43 bits per heavy atom. The van der Waals surface area contributed by atoms with Crippen LogP contribution < -0.4 is 0 Å². The molecule has 0 saturated carbocycles. The van der Waals surface area contributed by atoms with Crippen molar-refractivity contribution in [3.8, 4) is 23.3 Å². The minimum Gasteiger partial charge on any atom is -0.478 e. The van der Waals surface area contributed by atoms with Gasteiger partial charge < -0.3 is 5.11 Å². The molecule has 1 aromatic heterocycles. The summed E-state index contributed by atoms with van der Waals surface area (Å²) in [6, 6.07) is 19.8. The van der Waals surface area contributed by atoms with Gasteiger partial charge in [-0.3, -0.25) is 0 Å². The van der Waals surface area contributed by atoms with Crippen molar-refractivity contribution in [1.29, 1.82) is 10.5 Å². The highest BCUT2D eigenvalue weighted by molar-refractivity contribution is 7.98. The number of pyridine rings is 1. The fourth-order valence-electron chi connectivity index (χ4n) is 2.69. The molecule has 5 nitrogen and oxygen atoms in total. The van der Waals surface area contributed by atoms with Gasteiger partial charge in [-0.15, -0.1) is 11.8 Å². The van der Waals surface area contributed by atoms with Crippen LogP contribution in [0, 0.1) is 22.7 Å². The van der Waals surface area contributed by atoms with Crippen molar-refractivity contribution in [2.24, 2.45) is 0 Å². The number of hydrogen-bond acceptors (Lipinski definition) is 5. The van der Waals surface area contributed by atoms with Crippen LogP contribution in [0.5, 0.6) is 0 Å². The second kappa shape index (κ2) is 8.58. The minimum atomic E-state index is -1.00. The van der Waals surface area contributed by atoms with Crippen LogP contribution in [0.3, 0.4) is 0 Å². The van der Waals surface area contributed by atoms with E-state index in [2.05, 4.69) is 11.1 Å². The van der Waals surface area contributed by atoms with Crippen LogP contribution in [-0.2, 0) is 5.75 Å². The molecule has 1 heterocycles. The maximum absolute atomic E-state index is 11.1. The molecule has 7 heteroatoms. The number of hydrogen-bond donors (Lipinski definition) is 1. The topological polar surface area (TPSA) is 97.8 Å². The standard InChI is InChI=1S/C21H12ClN3O2S/c22-19-16(10-23)18(14-6-2-1-3-7-14)17(11-24)20(25-19)28-12-13-5-4-8-15(9-13)21(26)27/h1-9H,12H2,(H,26,27). The number of rotatable bonds is 5. The largest absolute Gasteiger partial charge is 0.478 e. The predicted molar refractivity (Wildman–Crippen MR) is 107 cm³/mol. The Bertz CT molecular complexity index is 1130. The fourth-order valence-corrected chi connectivity index (χ4v) is 3.89. The summed E-state index contributed by atoms with van der Waals surface area (Å²) in [5.41, 5.74) is 2.54. The van der Waals surface area contributed by atoms with E-state index in [1.54, 1.807) is 30.3 Å². The number of aromatic nitrogens is 1. The Labute approximate surface area is 170 Å². The molecule has 0 bridgehead atoms. The summed E-state index contributed by atoms with van der Waals surface area (Å²) >= 11 is 7.49. The second-order valence-corrected chi connectivity index (χ2v) is 7.04. The van der Waals surface area contributed by atoms with Gasteiger partial charge in [0.15, 0.2) is 0 Å². The van der Waals surface area contributed by atoms with E-state index in [1.165, 1.54) is 17.8 Å². The molecule has 0 radical (unpaired) electrons. The molecule has 0 spiro atoms. The Morgan fingerprint density at radius 2 is 1.79 bits per heavy atom. The molecule has 0 unspecified atom stereocenters. The summed E-state index contributed by atoms with van der Waals surface area (Å²) in [6.45, 7) is 0. The molecule has 3 aromatic rings.